The fourth-order valence-corrected chi connectivity index (χ4v) is 2.61. The maximum Gasteiger partial charge on any atom is 0.00580 e. The number of hydrogen-bond donors (Lipinski definition) is 1. The van der Waals surface area contributed by atoms with Crippen molar-refractivity contribution in [2.24, 2.45) is 5.92 Å². The minimum atomic E-state index is 0.889. The minimum absolute atomic E-state index is 0.889. The Hall–Kier alpha value is 0.270. The standard InChI is InChI=1S/C11H24N2S/c1-3-14-8-6-12-9-11-5-4-7-13(2)10-11/h11-12H,3-10H2,1-2H3. The van der Waals surface area contributed by atoms with E-state index in [1.807, 2.05) is 11.8 Å². The van der Waals surface area contributed by atoms with E-state index in [1.165, 1.54) is 50.5 Å². The van der Waals surface area contributed by atoms with Gasteiger partial charge in [-0.25, -0.2) is 0 Å². The van der Waals surface area contributed by atoms with E-state index in [4.69, 9.17) is 0 Å². The molecule has 1 rings (SSSR count). The van der Waals surface area contributed by atoms with E-state index < -0.39 is 0 Å². The van der Waals surface area contributed by atoms with E-state index in [9.17, 15) is 0 Å². The largest absolute Gasteiger partial charge is 0.316 e. The Balaban J connectivity index is 1.95. The van der Waals surface area contributed by atoms with Crippen LogP contribution in [0.4, 0.5) is 0 Å². The molecule has 0 aromatic rings. The van der Waals surface area contributed by atoms with Crippen molar-refractivity contribution in [3.63, 3.8) is 0 Å². The second kappa shape index (κ2) is 7.55. The molecule has 0 amide bonds. The molecule has 1 unspecified atom stereocenters. The lowest BCUT2D eigenvalue weighted by atomic mass is 9.98. The first-order valence-corrected chi connectivity index (χ1v) is 6.95. The molecule has 0 aromatic heterocycles. The van der Waals surface area contributed by atoms with Gasteiger partial charge in [-0.1, -0.05) is 6.92 Å². The average Bonchev–Trinajstić information content (AvgIpc) is 2.18. The monoisotopic (exact) mass is 216 g/mol. The van der Waals surface area contributed by atoms with Crippen LogP contribution in [0.15, 0.2) is 0 Å². The molecular formula is C11H24N2S. The lowest BCUT2D eigenvalue weighted by Crippen LogP contribution is -2.37. The number of piperidine rings is 1. The number of nitrogens with zero attached hydrogens (tertiary/aromatic N) is 1. The van der Waals surface area contributed by atoms with Crippen LogP contribution in [0.1, 0.15) is 19.8 Å². The summed E-state index contributed by atoms with van der Waals surface area (Å²) in [5.41, 5.74) is 0. The van der Waals surface area contributed by atoms with Gasteiger partial charge in [0.05, 0.1) is 0 Å². The molecule has 0 bridgehead atoms. The number of thioether (sulfide) groups is 1. The fourth-order valence-electron chi connectivity index (χ4n) is 2.03. The van der Waals surface area contributed by atoms with Gasteiger partial charge in [-0.2, -0.15) is 11.8 Å². The maximum atomic E-state index is 3.56. The quantitative estimate of drug-likeness (QED) is 0.680. The molecule has 3 heteroatoms. The molecular weight excluding hydrogens is 192 g/mol. The fraction of sp³-hybridized carbons (Fsp3) is 1.00. The van der Waals surface area contributed by atoms with Gasteiger partial charge in [-0.3, -0.25) is 0 Å². The molecule has 0 aromatic carbocycles. The highest BCUT2D eigenvalue weighted by Crippen LogP contribution is 2.13. The minimum Gasteiger partial charge on any atom is -0.316 e. The van der Waals surface area contributed by atoms with Crippen molar-refractivity contribution in [3.8, 4) is 0 Å². The molecule has 0 saturated carbocycles. The first-order valence-electron chi connectivity index (χ1n) is 5.80. The van der Waals surface area contributed by atoms with E-state index in [1.54, 1.807) is 0 Å². The molecule has 1 heterocycles. The van der Waals surface area contributed by atoms with Crippen molar-refractivity contribution in [2.45, 2.75) is 19.8 Å². The van der Waals surface area contributed by atoms with Crippen LogP contribution in [0, 0.1) is 5.92 Å². The topological polar surface area (TPSA) is 15.3 Å². The Morgan fingerprint density at radius 3 is 3.07 bits per heavy atom. The molecule has 84 valence electrons. The lowest BCUT2D eigenvalue weighted by Gasteiger charge is -2.29. The molecule has 0 aliphatic carbocycles. The smallest absolute Gasteiger partial charge is 0.00580 e. The van der Waals surface area contributed by atoms with Gasteiger partial charge in [-0.15, -0.1) is 0 Å². The maximum absolute atomic E-state index is 3.56. The molecule has 1 atom stereocenters. The third-order valence-corrected chi connectivity index (χ3v) is 3.68. The molecule has 0 radical (unpaired) electrons. The summed E-state index contributed by atoms with van der Waals surface area (Å²) in [7, 11) is 2.24. The Morgan fingerprint density at radius 1 is 1.50 bits per heavy atom. The summed E-state index contributed by atoms with van der Waals surface area (Å²) in [4.78, 5) is 2.45. The van der Waals surface area contributed by atoms with Gasteiger partial charge < -0.3 is 10.2 Å². The summed E-state index contributed by atoms with van der Waals surface area (Å²) in [6.45, 7) is 7.20. The van der Waals surface area contributed by atoms with Crippen molar-refractivity contribution in [1.82, 2.24) is 10.2 Å². The van der Waals surface area contributed by atoms with Crippen molar-refractivity contribution >= 4 is 11.8 Å². The second-order valence-electron chi connectivity index (χ2n) is 4.17. The van der Waals surface area contributed by atoms with Gasteiger partial charge in [-0.05, 0) is 44.6 Å². The molecule has 14 heavy (non-hydrogen) atoms. The van der Waals surface area contributed by atoms with Crippen molar-refractivity contribution in [1.29, 1.82) is 0 Å². The molecule has 1 aliphatic heterocycles. The highest BCUT2D eigenvalue weighted by atomic mass is 32.2. The van der Waals surface area contributed by atoms with E-state index >= 15 is 0 Å². The van der Waals surface area contributed by atoms with Crippen LogP contribution in [0.5, 0.6) is 0 Å². The van der Waals surface area contributed by atoms with Gasteiger partial charge in [0.2, 0.25) is 0 Å². The van der Waals surface area contributed by atoms with E-state index in [0.29, 0.717) is 0 Å². The van der Waals surface area contributed by atoms with Gasteiger partial charge in [0.25, 0.3) is 0 Å². The first kappa shape index (κ1) is 12.3. The lowest BCUT2D eigenvalue weighted by molar-refractivity contribution is 0.207. The van der Waals surface area contributed by atoms with Crippen LogP contribution in [-0.2, 0) is 0 Å². The highest BCUT2D eigenvalue weighted by Gasteiger charge is 2.15. The summed E-state index contributed by atoms with van der Waals surface area (Å²) in [5.74, 6) is 3.40. The summed E-state index contributed by atoms with van der Waals surface area (Å²) in [6, 6.07) is 0. The Kier molecular flexibility index (Phi) is 6.65. The number of rotatable bonds is 6. The predicted octanol–water partition coefficient (Wildman–Crippen LogP) is 1.67. The molecule has 0 spiro atoms. The van der Waals surface area contributed by atoms with Crippen LogP contribution >= 0.6 is 11.8 Å². The van der Waals surface area contributed by atoms with Crippen LogP contribution in [0.25, 0.3) is 0 Å². The summed E-state index contributed by atoms with van der Waals surface area (Å²) in [6.07, 6.45) is 2.80. The Labute approximate surface area is 92.8 Å². The Bertz CT molecular complexity index is 141. The predicted molar refractivity (Wildman–Crippen MR) is 66.1 cm³/mol. The van der Waals surface area contributed by atoms with Crippen LogP contribution in [-0.4, -0.2) is 49.6 Å². The zero-order valence-electron chi connectivity index (χ0n) is 9.59. The van der Waals surface area contributed by atoms with Crippen molar-refractivity contribution in [2.75, 3.05) is 44.7 Å². The SMILES string of the molecule is CCSCCNCC1CCCN(C)C1. The Morgan fingerprint density at radius 2 is 2.36 bits per heavy atom. The van der Waals surface area contributed by atoms with Gasteiger partial charge >= 0.3 is 0 Å². The first-order chi connectivity index (χ1) is 6.83. The van der Waals surface area contributed by atoms with Crippen LogP contribution in [0.3, 0.4) is 0 Å². The zero-order chi connectivity index (χ0) is 10.2. The summed E-state index contributed by atoms with van der Waals surface area (Å²) >= 11 is 2.02. The molecule has 1 aliphatic rings. The van der Waals surface area contributed by atoms with E-state index in [0.717, 1.165) is 5.92 Å². The highest BCUT2D eigenvalue weighted by molar-refractivity contribution is 7.99. The summed E-state index contributed by atoms with van der Waals surface area (Å²) < 4.78 is 0. The third kappa shape index (κ3) is 5.23. The zero-order valence-corrected chi connectivity index (χ0v) is 10.4. The average molecular weight is 216 g/mol. The van der Waals surface area contributed by atoms with E-state index in [-0.39, 0.29) is 0 Å². The molecule has 1 N–H and O–H groups in total. The van der Waals surface area contributed by atoms with Crippen LogP contribution < -0.4 is 5.32 Å². The van der Waals surface area contributed by atoms with Gasteiger partial charge in [0, 0.05) is 18.8 Å². The van der Waals surface area contributed by atoms with Crippen molar-refractivity contribution < 1.29 is 0 Å². The molecule has 2 nitrogen and oxygen atoms in total. The normalized spacial score (nSPS) is 24.0. The van der Waals surface area contributed by atoms with Crippen LogP contribution in [0.2, 0.25) is 0 Å². The molecule has 1 saturated heterocycles. The number of nitrogens with one attached hydrogen (secondary N) is 1. The second-order valence-corrected chi connectivity index (χ2v) is 5.57. The van der Waals surface area contributed by atoms with Gasteiger partial charge in [0.1, 0.15) is 0 Å². The van der Waals surface area contributed by atoms with Gasteiger partial charge in [0.15, 0.2) is 0 Å². The molecule has 1 fully saturated rings. The summed E-state index contributed by atoms with van der Waals surface area (Å²) in [5, 5.41) is 3.56. The number of likely N-dealkylation sites (tertiary alicyclic amines) is 1. The van der Waals surface area contributed by atoms with Crippen molar-refractivity contribution in [3.05, 3.63) is 0 Å². The third-order valence-electron chi connectivity index (χ3n) is 2.78. The number of hydrogen-bond acceptors (Lipinski definition) is 3. The van der Waals surface area contributed by atoms with E-state index in [2.05, 4.69) is 24.2 Å².